The molecule has 0 aliphatic heterocycles. The van der Waals surface area contributed by atoms with E-state index in [4.69, 9.17) is 9.40 Å². The van der Waals surface area contributed by atoms with Crippen molar-refractivity contribution in [3.63, 3.8) is 0 Å². The first-order valence-corrected chi connectivity index (χ1v) is 10.2. The molecule has 3 rings (SSSR count). The summed E-state index contributed by atoms with van der Waals surface area (Å²) in [4.78, 5) is 29.2. The van der Waals surface area contributed by atoms with Gasteiger partial charge in [-0.2, -0.15) is 0 Å². The van der Waals surface area contributed by atoms with Crippen LogP contribution in [0, 0.1) is 0 Å². The van der Waals surface area contributed by atoms with Crippen LogP contribution in [0.25, 0.3) is 10.9 Å². The quantitative estimate of drug-likeness (QED) is 0.305. The van der Waals surface area contributed by atoms with Gasteiger partial charge in [0.1, 0.15) is 5.76 Å². The fourth-order valence-corrected chi connectivity index (χ4v) is 4.05. The first kappa shape index (κ1) is 19.7. The number of hydrogen-bond acceptors (Lipinski definition) is 6. The second-order valence-corrected chi connectivity index (χ2v) is 8.19. The lowest BCUT2D eigenvalue weighted by Gasteiger charge is -2.15. The lowest BCUT2D eigenvalue weighted by atomic mass is 10.2. The zero-order valence-corrected chi connectivity index (χ0v) is 17.6. The minimum atomic E-state index is -0.518. The van der Waals surface area contributed by atoms with Crippen LogP contribution in [-0.2, 0) is 11.3 Å². The Morgan fingerprint density at radius 1 is 1.37 bits per heavy atom. The van der Waals surface area contributed by atoms with Gasteiger partial charge >= 0.3 is 5.97 Å². The van der Waals surface area contributed by atoms with Gasteiger partial charge in [-0.25, -0.2) is 9.78 Å². The first-order chi connectivity index (χ1) is 12.9. The van der Waals surface area contributed by atoms with Crippen LogP contribution in [0.5, 0.6) is 0 Å². The van der Waals surface area contributed by atoms with Crippen LogP contribution < -0.4 is 5.56 Å². The summed E-state index contributed by atoms with van der Waals surface area (Å²) in [5.74, 6) is 0.256. The van der Waals surface area contributed by atoms with Crippen LogP contribution in [0.1, 0.15) is 41.8 Å². The zero-order valence-electron chi connectivity index (χ0n) is 15.2. The molecule has 6 nitrogen and oxygen atoms in total. The molecule has 0 aliphatic carbocycles. The second kappa shape index (κ2) is 8.31. The average molecular weight is 451 g/mol. The van der Waals surface area contributed by atoms with E-state index in [1.165, 1.54) is 18.9 Å². The highest BCUT2D eigenvalue weighted by Gasteiger charge is 2.19. The summed E-state index contributed by atoms with van der Waals surface area (Å²) in [7, 11) is 1.31. The van der Waals surface area contributed by atoms with Crippen molar-refractivity contribution >= 4 is 44.6 Å². The molecule has 2 aromatic heterocycles. The minimum Gasteiger partial charge on any atom is -0.463 e. The molecule has 0 saturated carbocycles. The molecule has 2 heterocycles. The predicted octanol–water partition coefficient (Wildman–Crippen LogP) is 4.80. The Kier molecular flexibility index (Phi) is 6.06. The SMILES string of the molecule is CCCn1c(SC(C)c2ccc(C(=O)OC)o2)nc2ccc(Br)cc2c1=O. The summed E-state index contributed by atoms with van der Waals surface area (Å²) in [6.07, 6.45) is 0.816. The van der Waals surface area contributed by atoms with Crippen LogP contribution in [-0.4, -0.2) is 22.6 Å². The summed E-state index contributed by atoms with van der Waals surface area (Å²) >= 11 is 4.83. The number of halogens is 1. The molecule has 142 valence electrons. The number of esters is 1. The molecule has 0 spiro atoms. The van der Waals surface area contributed by atoms with E-state index in [1.54, 1.807) is 22.8 Å². The van der Waals surface area contributed by atoms with Crippen molar-refractivity contribution in [2.24, 2.45) is 0 Å². The van der Waals surface area contributed by atoms with Gasteiger partial charge in [-0.3, -0.25) is 9.36 Å². The molecule has 0 aliphatic rings. The number of carbonyl (C=O) groups excluding carboxylic acids is 1. The molecule has 1 aromatic carbocycles. The van der Waals surface area contributed by atoms with Crippen LogP contribution in [0.2, 0.25) is 0 Å². The van der Waals surface area contributed by atoms with Gasteiger partial charge in [0.25, 0.3) is 5.56 Å². The fraction of sp³-hybridized carbons (Fsp3) is 0.316. The number of fused-ring (bicyclic) bond motifs is 1. The van der Waals surface area contributed by atoms with E-state index in [2.05, 4.69) is 20.7 Å². The van der Waals surface area contributed by atoms with E-state index < -0.39 is 5.97 Å². The van der Waals surface area contributed by atoms with Crippen LogP contribution >= 0.6 is 27.7 Å². The van der Waals surface area contributed by atoms with Crippen LogP contribution in [0.15, 0.2) is 49.2 Å². The van der Waals surface area contributed by atoms with Crippen molar-refractivity contribution in [2.75, 3.05) is 7.11 Å². The Bertz CT molecular complexity index is 1040. The predicted molar refractivity (Wildman–Crippen MR) is 108 cm³/mol. The van der Waals surface area contributed by atoms with E-state index in [9.17, 15) is 9.59 Å². The number of thioether (sulfide) groups is 1. The Labute approximate surface area is 169 Å². The van der Waals surface area contributed by atoms with Crippen LogP contribution in [0.4, 0.5) is 0 Å². The maximum atomic E-state index is 12.9. The molecule has 3 aromatic rings. The standard InChI is InChI=1S/C19H19BrN2O4S/c1-4-9-22-17(23)13-10-12(20)5-6-14(13)21-19(22)27-11(2)15-7-8-16(26-15)18(24)25-3/h5-8,10-11H,4,9H2,1-3H3. The molecule has 0 bridgehead atoms. The monoisotopic (exact) mass is 450 g/mol. The zero-order chi connectivity index (χ0) is 19.6. The highest BCUT2D eigenvalue weighted by Crippen LogP contribution is 2.35. The summed E-state index contributed by atoms with van der Waals surface area (Å²) in [6, 6.07) is 8.82. The summed E-state index contributed by atoms with van der Waals surface area (Å²) in [5.41, 5.74) is 0.590. The smallest absolute Gasteiger partial charge is 0.373 e. The number of ether oxygens (including phenoxy) is 1. The van der Waals surface area contributed by atoms with Gasteiger partial charge in [0.15, 0.2) is 5.16 Å². The van der Waals surface area contributed by atoms with E-state index in [1.807, 2.05) is 26.0 Å². The van der Waals surface area contributed by atoms with Crippen LogP contribution in [0.3, 0.4) is 0 Å². The summed E-state index contributed by atoms with van der Waals surface area (Å²) in [6.45, 7) is 4.54. The Morgan fingerprint density at radius 3 is 2.85 bits per heavy atom. The van der Waals surface area contributed by atoms with Gasteiger partial charge in [0, 0.05) is 11.0 Å². The van der Waals surface area contributed by atoms with Crippen molar-refractivity contribution in [3.8, 4) is 0 Å². The van der Waals surface area contributed by atoms with Gasteiger partial charge in [-0.1, -0.05) is 34.6 Å². The number of aromatic nitrogens is 2. The summed E-state index contributed by atoms with van der Waals surface area (Å²) in [5, 5.41) is 1.08. The molecule has 0 saturated heterocycles. The number of nitrogens with zero attached hydrogens (tertiary/aromatic N) is 2. The molecule has 8 heteroatoms. The van der Waals surface area contributed by atoms with Crippen molar-refractivity contribution < 1.29 is 13.9 Å². The number of benzene rings is 1. The molecular weight excluding hydrogens is 432 g/mol. The third kappa shape index (κ3) is 4.11. The maximum Gasteiger partial charge on any atom is 0.373 e. The largest absolute Gasteiger partial charge is 0.463 e. The number of furan rings is 1. The second-order valence-electron chi connectivity index (χ2n) is 5.97. The lowest BCUT2D eigenvalue weighted by molar-refractivity contribution is 0.0563. The van der Waals surface area contributed by atoms with Gasteiger partial charge in [-0.15, -0.1) is 0 Å². The van der Waals surface area contributed by atoms with Crippen molar-refractivity contribution in [3.05, 3.63) is 56.7 Å². The van der Waals surface area contributed by atoms with Crippen molar-refractivity contribution in [2.45, 2.75) is 37.2 Å². The van der Waals surface area contributed by atoms with E-state index in [-0.39, 0.29) is 16.6 Å². The minimum absolute atomic E-state index is 0.0625. The van der Waals surface area contributed by atoms with Crippen molar-refractivity contribution in [1.29, 1.82) is 0 Å². The molecule has 1 atom stereocenters. The number of rotatable bonds is 6. The molecule has 0 radical (unpaired) electrons. The van der Waals surface area contributed by atoms with Gasteiger partial charge < -0.3 is 9.15 Å². The third-order valence-electron chi connectivity index (χ3n) is 4.02. The first-order valence-electron chi connectivity index (χ1n) is 8.49. The normalized spacial score (nSPS) is 12.3. The highest BCUT2D eigenvalue weighted by molar-refractivity contribution is 9.10. The Hall–Kier alpha value is -2.06. The molecule has 0 fully saturated rings. The number of methoxy groups -OCH3 is 1. The number of carbonyl (C=O) groups is 1. The van der Waals surface area contributed by atoms with E-state index >= 15 is 0 Å². The highest BCUT2D eigenvalue weighted by atomic mass is 79.9. The molecule has 1 unspecified atom stereocenters. The topological polar surface area (TPSA) is 74.3 Å². The number of hydrogen-bond donors (Lipinski definition) is 0. The van der Waals surface area contributed by atoms with Crippen molar-refractivity contribution in [1.82, 2.24) is 9.55 Å². The molecular formula is C19H19BrN2O4S. The fourth-order valence-electron chi connectivity index (χ4n) is 2.68. The van der Waals surface area contributed by atoms with Gasteiger partial charge in [0.05, 0.1) is 23.3 Å². The Morgan fingerprint density at radius 2 is 2.15 bits per heavy atom. The lowest BCUT2D eigenvalue weighted by Crippen LogP contribution is -2.23. The van der Waals surface area contributed by atoms with E-state index in [0.717, 1.165) is 10.9 Å². The summed E-state index contributed by atoms with van der Waals surface area (Å²) < 4.78 is 12.8. The van der Waals surface area contributed by atoms with Gasteiger partial charge in [0.2, 0.25) is 5.76 Å². The average Bonchev–Trinajstić information content (AvgIpc) is 3.15. The maximum absolute atomic E-state index is 12.9. The van der Waals surface area contributed by atoms with Gasteiger partial charge in [-0.05, 0) is 43.7 Å². The Balaban J connectivity index is 1.99. The van der Waals surface area contributed by atoms with E-state index in [0.29, 0.717) is 28.4 Å². The molecule has 27 heavy (non-hydrogen) atoms. The third-order valence-corrected chi connectivity index (χ3v) is 5.63. The molecule has 0 amide bonds. The molecule has 0 N–H and O–H groups in total.